The summed E-state index contributed by atoms with van der Waals surface area (Å²) in [5, 5.41) is 3.90. The lowest BCUT2D eigenvalue weighted by atomic mass is 9.95. The molecule has 1 N–H and O–H groups in total. The van der Waals surface area contributed by atoms with Crippen LogP contribution in [-0.2, 0) is 26.2 Å². The molecule has 0 spiro atoms. The Balaban J connectivity index is 1.48. The molecule has 0 saturated heterocycles. The molecule has 2 amide bonds. The summed E-state index contributed by atoms with van der Waals surface area (Å²) in [6.07, 6.45) is 6.49. The molecule has 12 heteroatoms. The molecule has 1 saturated carbocycles. The van der Waals surface area contributed by atoms with Crippen molar-refractivity contribution in [2.75, 3.05) is 23.9 Å². The van der Waals surface area contributed by atoms with Crippen LogP contribution in [0.5, 0.6) is 11.5 Å². The van der Waals surface area contributed by atoms with Crippen molar-refractivity contribution in [3.05, 3.63) is 52.0 Å². The lowest BCUT2D eigenvalue weighted by molar-refractivity contribution is -0.141. The summed E-state index contributed by atoms with van der Waals surface area (Å²) in [5.41, 5.74) is 0.966. The molecule has 0 radical (unpaired) electrons. The minimum atomic E-state index is -3.65. The van der Waals surface area contributed by atoms with Crippen LogP contribution in [0, 0.1) is 0 Å². The zero-order valence-corrected chi connectivity index (χ0v) is 25.0. The summed E-state index contributed by atoms with van der Waals surface area (Å²) >= 11 is 12.8. The minimum Gasteiger partial charge on any atom is -0.454 e. The Morgan fingerprint density at radius 3 is 2.40 bits per heavy atom. The first-order valence-electron chi connectivity index (χ1n) is 13.4. The van der Waals surface area contributed by atoms with E-state index in [1.54, 1.807) is 43.3 Å². The highest BCUT2D eigenvalue weighted by Crippen LogP contribution is 2.36. The third-order valence-corrected chi connectivity index (χ3v) is 9.21. The molecule has 0 bridgehead atoms. The van der Waals surface area contributed by atoms with E-state index in [1.165, 1.54) is 9.21 Å². The summed E-state index contributed by atoms with van der Waals surface area (Å²) in [6.45, 7) is 1.88. The molecule has 2 aromatic rings. The molecular weight excluding hydrogens is 577 g/mol. The molecule has 1 atom stereocenters. The number of fused-ring (bicyclic) bond motifs is 1. The van der Waals surface area contributed by atoms with Gasteiger partial charge in [0.15, 0.2) is 11.5 Å². The number of sulfonamides is 1. The van der Waals surface area contributed by atoms with E-state index >= 15 is 0 Å². The SMILES string of the molecule is C[C@@H](C(=O)NC1CCCCC1)N(Cc1c(Cl)cccc1Cl)C(=O)CCCN(c1ccc2c(c1)OCO2)S(C)(=O)=O. The van der Waals surface area contributed by atoms with Gasteiger partial charge in [-0.1, -0.05) is 48.5 Å². The van der Waals surface area contributed by atoms with E-state index in [0.29, 0.717) is 32.8 Å². The number of benzene rings is 2. The van der Waals surface area contributed by atoms with Crippen LogP contribution >= 0.6 is 23.2 Å². The average molecular weight is 613 g/mol. The number of anilines is 1. The highest BCUT2D eigenvalue weighted by molar-refractivity contribution is 7.92. The van der Waals surface area contributed by atoms with Crippen molar-refractivity contribution in [3.8, 4) is 11.5 Å². The van der Waals surface area contributed by atoms with Crippen LogP contribution in [0.3, 0.4) is 0 Å². The van der Waals surface area contributed by atoms with Gasteiger partial charge in [-0.05, 0) is 50.5 Å². The van der Waals surface area contributed by atoms with Crippen LogP contribution in [0.25, 0.3) is 0 Å². The van der Waals surface area contributed by atoms with Crippen molar-refractivity contribution in [1.82, 2.24) is 10.2 Å². The van der Waals surface area contributed by atoms with Crippen LogP contribution in [0.2, 0.25) is 10.0 Å². The molecular formula is C28H35Cl2N3O6S. The van der Waals surface area contributed by atoms with Crippen molar-refractivity contribution in [3.63, 3.8) is 0 Å². The molecule has 0 aromatic heterocycles. The molecule has 0 unspecified atom stereocenters. The van der Waals surface area contributed by atoms with Gasteiger partial charge >= 0.3 is 0 Å². The first kappa shape index (κ1) is 30.3. The molecule has 9 nitrogen and oxygen atoms in total. The largest absolute Gasteiger partial charge is 0.454 e. The van der Waals surface area contributed by atoms with Crippen LogP contribution < -0.4 is 19.1 Å². The predicted molar refractivity (Wildman–Crippen MR) is 155 cm³/mol. The summed E-state index contributed by atoms with van der Waals surface area (Å²) in [6, 6.07) is 9.31. The van der Waals surface area contributed by atoms with Gasteiger partial charge in [-0.15, -0.1) is 0 Å². The van der Waals surface area contributed by atoms with Crippen molar-refractivity contribution in [2.45, 2.75) is 70.5 Å². The Bertz CT molecular complexity index is 1310. The van der Waals surface area contributed by atoms with Gasteiger partial charge in [-0.2, -0.15) is 0 Å². The zero-order chi connectivity index (χ0) is 28.9. The van der Waals surface area contributed by atoms with Gasteiger partial charge in [0.1, 0.15) is 6.04 Å². The second-order valence-corrected chi connectivity index (χ2v) is 12.9. The second-order valence-electron chi connectivity index (χ2n) is 10.2. The summed E-state index contributed by atoms with van der Waals surface area (Å²) in [7, 11) is -3.65. The molecule has 4 rings (SSSR count). The van der Waals surface area contributed by atoms with Crippen LogP contribution in [0.4, 0.5) is 5.69 Å². The Hall–Kier alpha value is -2.69. The van der Waals surface area contributed by atoms with Gasteiger partial charge in [0.05, 0.1) is 11.9 Å². The van der Waals surface area contributed by atoms with Gasteiger partial charge in [-0.3, -0.25) is 13.9 Å². The molecule has 1 heterocycles. The van der Waals surface area contributed by atoms with E-state index in [9.17, 15) is 18.0 Å². The summed E-state index contributed by atoms with van der Waals surface area (Å²) < 4.78 is 37.2. The van der Waals surface area contributed by atoms with Crippen molar-refractivity contribution < 1.29 is 27.5 Å². The topological polar surface area (TPSA) is 105 Å². The smallest absolute Gasteiger partial charge is 0.242 e. The maximum Gasteiger partial charge on any atom is 0.242 e. The number of carbonyl (C=O) groups is 2. The van der Waals surface area contributed by atoms with Gasteiger partial charge in [0, 0.05) is 47.2 Å². The average Bonchev–Trinajstić information content (AvgIpc) is 3.38. The molecule has 2 aromatic carbocycles. The number of nitrogens with zero attached hydrogens (tertiary/aromatic N) is 2. The highest BCUT2D eigenvalue weighted by Gasteiger charge is 2.29. The van der Waals surface area contributed by atoms with Crippen molar-refractivity contribution >= 4 is 50.7 Å². The van der Waals surface area contributed by atoms with E-state index in [0.717, 1.165) is 38.4 Å². The van der Waals surface area contributed by atoms with Crippen molar-refractivity contribution in [1.29, 1.82) is 0 Å². The van der Waals surface area contributed by atoms with Crippen LogP contribution in [0.1, 0.15) is 57.4 Å². The Morgan fingerprint density at radius 2 is 1.73 bits per heavy atom. The van der Waals surface area contributed by atoms with Crippen LogP contribution in [-0.4, -0.2) is 56.8 Å². The molecule has 40 heavy (non-hydrogen) atoms. The van der Waals surface area contributed by atoms with Gasteiger partial charge in [0.25, 0.3) is 0 Å². The second kappa shape index (κ2) is 13.3. The molecule has 2 aliphatic rings. The highest BCUT2D eigenvalue weighted by atomic mass is 35.5. The number of amides is 2. The number of nitrogens with one attached hydrogen (secondary N) is 1. The Morgan fingerprint density at radius 1 is 1.05 bits per heavy atom. The van der Waals surface area contributed by atoms with E-state index in [1.807, 2.05) is 0 Å². The monoisotopic (exact) mass is 611 g/mol. The number of halogens is 2. The van der Waals surface area contributed by atoms with E-state index in [-0.39, 0.29) is 50.6 Å². The lowest BCUT2D eigenvalue weighted by Gasteiger charge is -2.32. The standard InChI is InChI=1S/C28H35Cl2N3O6S/c1-19(28(35)31-20-8-4-3-5-9-20)32(17-22-23(29)10-6-11-24(22)30)27(34)12-7-15-33(40(2,36)37)21-13-14-25-26(16-21)39-18-38-25/h6,10-11,13-14,16,19-20H,3-5,7-9,12,15,17-18H2,1-2H3,(H,31,35)/t19-/m0/s1. The molecule has 1 aliphatic carbocycles. The number of hydrogen-bond donors (Lipinski definition) is 1. The fraction of sp³-hybridized carbons (Fsp3) is 0.500. The van der Waals surface area contributed by atoms with E-state index in [2.05, 4.69) is 5.32 Å². The minimum absolute atomic E-state index is 0.0136. The third kappa shape index (κ3) is 7.53. The number of rotatable bonds is 11. The number of carbonyl (C=O) groups excluding carboxylic acids is 2. The first-order valence-corrected chi connectivity index (χ1v) is 16.0. The Kier molecular flexibility index (Phi) is 10.1. The fourth-order valence-electron chi connectivity index (χ4n) is 5.05. The predicted octanol–water partition coefficient (Wildman–Crippen LogP) is 5.13. The van der Waals surface area contributed by atoms with Gasteiger partial charge in [-0.25, -0.2) is 8.42 Å². The van der Waals surface area contributed by atoms with Gasteiger partial charge in [0.2, 0.25) is 28.6 Å². The van der Waals surface area contributed by atoms with E-state index in [4.69, 9.17) is 32.7 Å². The van der Waals surface area contributed by atoms with Gasteiger partial charge < -0.3 is 19.7 Å². The number of hydrogen-bond acceptors (Lipinski definition) is 6. The Labute approximate surface area is 245 Å². The number of ether oxygens (including phenoxy) is 2. The summed E-state index contributed by atoms with van der Waals surface area (Å²) in [5.74, 6) is 0.465. The maximum absolute atomic E-state index is 13.6. The zero-order valence-electron chi connectivity index (χ0n) is 22.7. The quantitative estimate of drug-likeness (QED) is 0.377. The molecule has 218 valence electrons. The lowest BCUT2D eigenvalue weighted by Crippen LogP contribution is -2.50. The molecule has 1 aliphatic heterocycles. The third-order valence-electron chi connectivity index (χ3n) is 7.31. The maximum atomic E-state index is 13.6. The fourth-order valence-corrected chi connectivity index (χ4v) is 6.52. The molecule has 1 fully saturated rings. The first-order chi connectivity index (χ1) is 19.0. The normalized spacial score (nSPS) is 15.9. The van der Waals surface area contributed by atoms with Crippen molar-refractivity contribution in [2.24, 2.45) is 0 Å². The summed E-state index contributed by atoms with van der Waals surface area (Å²) in [4.78, 5) is 28.3. The van der Waals surface area contributed by atoms with Crippen LogP contribution in [0.15, 0.2) is 36.4 Å². The van der Waals surface area contributed by atoms with E-state index < -0.39 is 16.1 Å².